The van der Waals surface area contributed by atoms with Gasteiger partial charge in [0.1, 0.15) is 18.8 Å². The summed E-state index contributed by atoms with van der Waals surface area (Å²) in [5, 5.41) is 0. The predicted octanol–water partition coefficient (Wildman–Crippen LogP) is 2.19. The molecule has 0 radical (unpaired) electrons. The number of carbonyl (C=O) groups is 2. The van der Waals surface area contributed by atoms with Gasteiger partial charge in [0, 0.05) is 17.2 Å². The Labute approximate surface area is 165 Å². The van der Waals surface area contributed by atoms with Gasteiger partial charge in [-0.2, -0.15) is 0 Å². The van der Waals surface area contributed by atoms with Gasteiger partial charge in [0.25, 0.3) is 5.56 Å². The molecule has 0 fully saturated rings. The van der Waals surface area contributed by atoms with E-state index in [-0.39, 0.29) is 30.4 Å². The third-order valence-corrected chi connectivity index (χ3v) is 5.46. The maximum absolute atomic E-state index is 12.3. The summed E-state index contributed by atoms with van der Waals surface area (Å²) >= 11 is 1.45. The van der Waals surface area contributed by atoms with Gasteiger partial charge in [0.15, 0.2) is 0 Å². The Morgan fingerprint density at radius 2 is 2.04 bits per heavy atom. The van der Waals surface area contributed by atoms with E-state index in [9.17, 15) is 14.4 Å². The number of fused-ring (bicyclic) bond motifs is 2. The van der Waals surface area contributed by atoms with Gasteiger partial charge in [-0.05, 0) is 30.7 Å². The molecule has 0 spiro atoms. The highest BCUT2D eigenvalue weighted by molar-refractivity contribution is 8.00. The van der Waals surface area contributed by atoms with Crippen LogP contribution in [0.3, 0.4) is 0 Å². The number of para-hydroxylation sites is 1. The van der Waals surface area contributed by atoms with Crippen molar-refractivity contribution in [3.05, 3.63) is 70.3 Å². The van der Waals surface area contributed by atoms with E-state index in [1.165, 1.54) is 27.1 Å². The molecule has 0 aliphatic carbocycles. The first-order valence-corrected chi connectivity index (χ1v) is 9.67. The van der Waals surface area contributed by atoms with Crippen LogP contribution in [0.15, 0.2) is 58.4 Å². The normalized spacial score (nSPS) is 13.5. The minimum atomic E-state index is -0.554. The number of rotatable bonds is 4. The number of esters is 1. The van der Waals surface area contributed by atoms with Gasteiger partial charge in [-0.1, -0.05) is 18.2 Å². The van der Waals surface area contributed by atoms with Crippen LogP contribution >= 0.6 is 11.8 Å². The van der Waals surface area contributed by atoms with E-state index in [0.717, 1.165) is 10.5 Å². The number of hydrogen-bond acceptors (Lipinski definition) is 6. The van der Waals surface area contributed by atoms with Crippen LogP contribution < -0.4 is 10.5 Å². The standard InChI is InChI=1S/C20H17N3O4S/c1-13-5-4-8-22-17(24)9-14(21-20(13)22)11-27-19(26)10-23-15-6-2-3-7-16(15)28-12-18(23)25/h2-9H,10-12H2,1H3. The number of benzene rings is 1. The van der Waals surface area contributed by atoms with Crippen LogP contribution in [-0.2, 0) is 20.9 Å². The third-order valence-electron chi connectivity index (χ3n) is 4.42. The van der Waals surface area contributed by atoms with Crippen molar-refractivity contribution < 1.29 is 14.3 Å². The molecule has 8 heteroatoms. The fourth-order valence-electron chi connectivity index (χ4n) is 3.04. The second-order valence-electron chi connectivity index (χ2n) is 6.37. The van der Waals surface area contributed by atoms with Crippen LogP contribution in [0.1, 0.15) is 11.3 Å². The molecule has 1 aliphatic heterocycles. The SMILES string of the molecule is Cc1cccn2c(=O)cc(COC(=O)CN3C(=O)CSc4ccccc43)nc12. The van der Waals surface area contributed by atoms with Gasteiger partial charge in [0.05, 0.1) is 17.1 Å². The maximum Gasteiger partial charge on any atom is 0.326 e. The number of ether oxygens (including phenoxy) is 1. The van der Waals surface area contributed by atoms with Gasteiger partial charge in [-0.25, -0.2) is 4.98 Å². The summed E-state index contributed by atoms with van der Waals surface area (Å²) in [6.07, 6.45) is 1.64. The van der Waals surface area contributed by atoms with Gasteiger partial charge in [-0.15, -0.1) is 11.8 Å². The lowest BCUT2D eigenvalue weighted by molar-refractivity contribution is -0.144. The molecule has 2 aromatic heterocycles. The summed E-state index contributed by atoms with van der Waals surface area (Å²) in [6.45, 7) is 1.55. The Hall–Kier alpha value is -3.13. The van der Waals surface area contributed by atoms with E-state index in [4.69, 9.17) is 4.74 Å². The van der Waals surface area contributed by atoms with Gasteiger partial charge >= 0.3 is 5.97 Å². The van der Waals surface area contributed by atoms with Gasteiger partial charge in [-0.3, -0.25) is 23.7 Å². The van der Waals surface area contributed by atoms with Crippen molar-refractivity contribution in [1.82, 2.24) is 9.38 Å². The zero-order valence-corrected chi connectivity index (χ0v) is 15.9. The van der Waals surface area contributed by atoms with E-state index in [0.29, 0.717) is 17.0 Å². The van der Waals surface area contributed by atoms with Crippen molar-refractivity contribution in [3.8, 4) is 0 Å². The van der Waals surface area contributed by atoms with Crippen LogP contribution in [0.5, 0.6) is 0 Å². The Morgan fingerprint density at radius 1 is 1.21 bits per heavy atom. The summed E-state index contributed by atoms with van der Waals surface area (Å²) in [7, 11) is 0. The van der Waals surface area contributed by atoms with Crippen LogP contribution in [0.4, 0.5) is 5.69 Å². The zero-order chi connectivity index (χ0) is 19.7. The first-order valence-electron chi connectivity index (χ1n) is 8.68. The fourth-order valence-corrected chi connectivity index (χ4v) is 3.97. The molecule has 0 saturated carbocycles. The largest absolute Gasteiger partial charge is 0.458 e. The van der Waals surface area contributed by atoms with E-state index in [2.05, 4.69) is 4.98 Å². The number of anilines is 1. The lowest BCUT2D eigenvalue weighted by atomic mass is 10.2. The maximum atomic E-state index is 12.3. The molecule has 3 heterocycles. The lowest BCUT2D eigenvalue weighted by Gasteiger charge is -2.27. The number of nitrogens with zero attached hydrogens (tertiary/aromatic N) is 3. The van der Waals surface area contributed by atoms with Crippen LogP contribution in [0.25, 0.3) is 5.65 Å². The van der Waals surface area contributed by atoms with Crippen molar-refractivity contribution in [1.29, 1.82) is 0 Å². The molecule has 4 rings (SSSR count). The first kappa shape index (κ1) is 18.2. The van der Waals surface area contributed by atoms with Crippen molar-refractivity contribution in [3.63, 3.8) is 0 Å². The quantitative estimate of drug-likeness (QED) is 0.630. The number of aromatic nitrogens is 2. The summed E-state index contributed by atoms with van der Waals surface area (Å²) < 4.78 is 6.73. The van der Waals surface area contributed by atoms with Crippen molar-refractivity contribution in [2.75, 3.05) is 17.2 Å². The zero-order valence-electron chi connectivity index (χ0n) is 15.1. The van der Waals surface area contributed by atoms with E-state index in [1.807, 2.05) is 31.2 Å². The number of pyridine rings is 1. The first-order chi connectivity index (χ1) is 13.5. The molecule has 1 aliphatic rings. The topological polar surface area (TPSA) is 81.0 Å². The van der Waals surface area contributed by atoms with Crippen molar-refractivity contribution in [2.45, 2.75) is 18.4 Å². The van der Waals surface area contributed by atoms with Gasteiger partial charge in [0.2, 0.25) is 5.91 Å². The summed E-state index contributed by atoms with van der Waals surface area (Å²) in [5.41, 5.74) is 2.21. The highest BCUT2D eigenvalue weighted by Crippen LogP contribution is 2.34. The Kier molecular flexibility index (Phi) is 4.87. The van der Waals surface area contributed by atoms with Crippen LogP contribution in [-0.4, -0.2) is 33.6 Å². The molecule has 0 atom stereocenters. The molecule has 0 unspecified atom stereocenters. The second kappa shape index (κ2) is 7.47. The van der Waals surface area contributed by atoms with E-state index in [1.54, 1.807) is 18.3 Å². The fraction of sp³-hybridized carbons (Fsp3) is 0.200. The molecule has 0 bridgehead atoms. The monoisotopic (exact) mass is 395 g/mol. The molecule has 1 aromatic carbocycles. The molecule has 0 N–H and O–H groups in total. The molecular weight excluding hydrogens is 378 g/mol. The van der Waals surface area contributed by atoms with Crippen LogP contribution in [0.2, 0.25) is 0 Å². The average Bonchev–Trinajstić information content (AvgIpc) is 2.69. The number of aryl methyl sites for hydroxylation is 1. The number of carbonyl (C=O) groups excluding carboxylic acids is 2. The highest BCUT2D eigenvalue weighted by Gasteiger charge is 2.26. The minimum absolute atomic E-state index is 0.128. The molecule has 28 heavy (non-hydrogen) atoms. The summed E-state index contributed by atoms with van der Waals surface area (Å²) in [5.74, 6) is -0.410. The number of hydrogen-bond donors (Lipinski definition) is 0. The highest BCUT2D eigenvalue weighted by atomic mass is 32.2. The molecule has 1 amide bonds. The Morgan fingerprint density at radius 3 is 2.89 bits per heavy atom. The molecule has 142 valence electrons. The smallest absolute Gasteiger partial charge is 0.326 e. The number of thioether (sulfide) groups is 1. The average molecular weight is 395 g/mol. The second-order valence-corrected chi connectivity index (χ2v) is 7.38. The molecule has 3 aromatic rings. The molecule has 0 saturated heterocycles. The Balaban J connectivity index is 1.48. The van der Waals surface area contributed by atoms with Crippen molar-refractivity contribution >= 4 is 35.0 Å². The predicted molar refractivity (Wildman–Crippen MR) is 106 cm³/mol. The molecule has 7 nitrogen and oxygen atoms in total. The van der Waals surface area contributed by atoms with E-state index < -0.39 is 5.97 Å². The van der Waals surface area contributed by atoms with Crippen LogP contribution in [0, 0.1) is 6.92 Å². The Bertz CT molecular complexity index is 1140. The molecular formula is C20H17N3O4S. The lowest BCUT2D eigenvalue weighted by Crippen LogP contribution is -2.39. The third kappa shape index (κ3) is 3.50. The number of amides is 1. The summed E-state index contributed by atoms with van der Waals surface area (Å²) in [4.78, 5) is 43.6. The van der Waals surface area contributed by atoms with Gasteiger partial charge < -0.3 is 4.74 Å². The minimum Gasteiger partial charge on any atom is -0.458 e. The van der Waals surface area contributed by atoms with Crippen molar-refractivity contribution in [2.24, 2.45) is 0 Å². The summed E-state index contributed by atoms with van der Waals surface area (Å²) in [6, 6.07) is 12.4. The van der Waals surface area contributed by atoms with E-state index >= 15 is 0 Å².